The molecular formula is C42H27N3O4. The van der Waals surface area contributed by atoms with Crippen LogP contribution in [0.4, 0.5) is 5.69 Å². The molecule has 0 aromatic heterocycles. The Hall–Kier alpha value is -6.60. The fraction of sp³-hybridized carbons (Fsp3) is 0.0476. The highest BCUT2D eigenvalue weighted by atomic mass is 16.6. The lowest BCUT2D eigenvalue weighted by Crippen LogP contribution is -2.26. The fourth-order valence-corrected chi connectivity index (χ4v) is 7.43. The van der Waals surface area contributed by atoms with Gasteiger partial charge in [0.05, 0.1) is 4.92 Å². The maximum atomic E-state index is 13.5. The predicted molar refractivity (Wildman–Crippen MR) is 196 cm³/mol. The molecule has 0 saturated carbocycles. The Bertz CT molecular complexity index is 2590. The fourth-order valence-electron chi connectivity index (χ4n) is 7.43. The number of nitro benzene ring substituents is 1. The molecule has 0 aliphatic carbocycles. The number of benzene rings is 9. The molecule has 234 valence electrons. The van der Waals surface area contributed by atoms with E-state index in [1.165, 1.54) is 29.0 Å². The molecule has 7 heteroatoms. The number of nitrogens with one attached hydrogen (secondary N) is 2. The first-order chi connectivity index (χ1) is 23.9. The minimum Gasteiger partial charge on any atom is -0.348 e. The van der Waals surface area contributed by atoms with E-state index in [0.717, 1.165) is 65.0 Å². The lowest BCUT2D eigenvalue weighted by Gasteiger charge is -2.15. The molecule has 0 saturated heterocycles. The summed E-state index contributed by atoms with van der Waals surface area (Å²) in [7, 11) is 0. The lowest BCUT2D eigenvalue weighted by molar-refractivity contribution is -0.384. The van der Waals surface area contributed by atoms with Gasteiger partial charge in [-0.05, 0) is 81.8 Å². The van der Waals surface area contributed by atoms with Gasteiger partial charge in [0, 0.05) is 36.3 Å². The first-order valence-electron chi connectivity index (χ1n) is 16.1. The van der Waals surface area contributed by atoms with Crippen molar-refractivity contribution in [2.24, 2.45) is 0 Å². The van der Waals surface area contributed by atoms with E-state index in [1.807, 2.05) is 36.4 Å². The molecule has 49 heavy (non-hydrogen) atoms. The third-order valence-electron chi connectivity index (χ3n) is 9.77. The smallest absolute Gasteiger partial charge is 0.271 e. The highest BCUT2D eigenvalue weighted by Crippen LogP contribution is 2.37. The molecule has 0 atom stereocenters. The topological polar surface area (TPSA) is 101 Å². The molecule has 9 rings (SSSR count). The monoisotopic (exact) mass is 637 g/mol. The van der Waals surface area contributed by atoms with Crippen molar-refractivity contribution in [1.29, 1.82) is 0 Å². The van der Waals surface area contributed by atoms with E-state index >= 15 is 0 Å². The van der Waals surface area contributed by atoms with Crippen molar-refractivity contribution in [3.63, 3.8) is 0 Å². The largest absolute Gasteiger partial charge is 0.348 e. The minimum absolute atomic E-state index is 0.0415. The number of nitrogens with zero attached hydrogens (tertiary/aromatic N) is 1. The number of amides is 2. The number of hydrogen-bond donors (Lipinski definition) is 2. The van der Waals surface area contributed by atoms with Crippen LogP contribution in [0.2, 0.25) is 0 Å². The Labute approximate surface area is 279 Å². The van der Waals surface area contributed by atoms with Gasteiger partial charge in [-0.25, -0.2) is 0 Å². The van der Waals surface area contributed by atoms with Crippen LogP contribution in [0.5, 0.6) is 0 Å². The number of carbonyl (C=O) groups is 2. The van der Waals surface area contributed by atoms with Gasteiger partial charge in [-0.3, -0.25) is 19.7 Å². The van der Waals surface area contributed by atoms with E-state index in [4.69, 9.17) is 0 Å². The number of carbonyl (C=O) groups excluding carboxylic acids is 2. The van der Waals surface area contributed by atoms with Gasteiger partial charge < -0.3 is 10.6 Å². The molecule has 0 spiro atoms. The van der Waals surface area contributed by atoms with Crippen molar-refractivity contribution in [3.05, 3.63) is 160 Å². The summed E-state index contributed by atoms with van der Waals surface area (Å²) in [5.41, 5.74) is 1.61. The van der Waals surface area contributed by atoms with Gasteiger partial charge in [-0.15, -0.1) is 0 Å². The first kappa shape index (κ1) is 28.6. The average Bonchev–Trinajstić information content (AvgIpc) is 3.14. The van der Waals surface area contributed by atoms with Gasteiger partial charge in [0.2, 0.25) is 0 Å². The van der Waals surface area contributed by atoms with Crippen molar-refractivity contribution in [2.45, 2.75) is 13.1 Å². The van der Waals surface area contributed by atoms with Crippen LogP contribution in [0.1, 0.15) is 31.8 Å². The number of hydrogen-bond acceptors (Lipinski definition) is 4. The zero-order chi connectivity index (χ0) is 33.2. The van der Waals surface area contributed by atoms with Gasteiger partial charge in [0.15, 0.2) is 0 Å². The molecule has 0 bridgehead atoms. The first-order valence-corrected chi connectivity index (χ1v) is 16.1. The Balaban J connectivity index is 0.985. The van der Waals surface area contributed by atoms with Gasteiger partial charge in [-0.2, -0.15) is 0 Å². The van der Waals surface area contributed by atoms with Gasteiger partial charge >= 0.3 is 0 Å². The number of non-ortho nitro benzene ring substituents is 1. The predicted octanol–water partition coefficient (Wildman–Crippen LogP) is 9.25. The molecule has 9 aromatic carbocycles. The van der Waals surface area contributed by atoms with Crippen LogP contribution in [-0.4, -0.2) is 16.7 Å². The lowest BCUT2D eigenvalue weighted by atomic mass is 9.92. The molecule has 9 aromatic rings. The molecule has 0 unspecified atom stereocenters. The van der Waals surface area contributed by atoms with Crippen molar-refractivity contribution >= 4 is 82.1 Å². The van der Waals surface area contributed by atoms with Crippen LogP contribution in [0.3, 0.4) is 0 Å². The minimum atomic E-state index is -0.588. The van der Waals surface area contributed by atoms with Crippen molar-refractivity contribution in [1.82, 2.24) is 10.6 Å². The summed E-state index contributed by atoms with van der Waals surface area (Å²) in [4.78, 5) is 38.2. The summed E-state index contributed by atoms with van der Waals surface area (Å²) >= 11 is 0. The van der Waals surface area contributed by atoms with E-state index in [9.17, 15) is 19.7 Å². The summed E-state index contributed by atoms with van der Waals surface area (Å²) in [6, 6.07) is 41.1. The summed E-state index contributed by atoms with van der Waals surface area (Å²) in [5, 5.41) is 31.3. The Kier molecular flexibility index (Phi) is 6.42. The van der Waals surface area contributed by atoms with Crippen LogP contribution in [0, 0.1) is 10.1 Å². The summed E-state index contributed by atoms with van der Waals surface area (Å²) < 4.78 is 0. The van der Waals surface area contributed by atoms with Crippen LogP contribution in [0.25, 0.3) is 64.6 Å². The van der Waals surface area contributed by atoms with Crippen LogP contribution in [-0.2, 0) is 13.1 Å². The Morgan fingerprint density at radius 2 is 0.857 bits per heavy atom. The molecule has 2 amide bonds. The van der Waals surface area contributed by atoms with Gasteiger partial charge in [0.25, 0.3) is 17.5 Å². The van der Waals surface area contributed by atoms with E-state index in [0.29, 0.717) is 0 Å². The van der Waals surface area contributed by atoms with E-state index in [2.05, 4.69) is 83.4 Å². The molecule has 7 nitrogen and oxygen atoms in total. The third kappa shape index (κ3) is 4.66. The molecule has 2 N–H and O–H groups in total. The second-order valence-corrected chi connectivity index (χ2v) is 12.6. The highest BCUT2D eigenvalue weighted by molar-refractivity contribution is 6.24. The zero-order valence-corrected chi connectivity index (χ0v) is 26.1. The van der Waals surface area contributed by atoms with Crippen molar-refractivity contribution in [2.75, 3.05) is 0 Å². The second kappa shape index (κ2) is 11.0. The molecule has 0 heterocycles. The van der Waals surface area contributed by atoms with Crippen molar-refractivity contribution < 1.29 is 14.5 Å². The van der Waals surface area contributed by atoms with E-state index in [1.54, 1.807) is 0 Å². The highest BCUT2D eigenvalue weighted by Gasteiger charge is 2.20. The SMILES string of the molecule is O=C(NCc1ccc2ccc3cccc4ccc1c2c34)c1cc(C(=O)NCc2ccc3ccc4cccc5ccc2c3c45)cc([N+](=O)[O-])c1. The van der Waals surface area contributed by atoms with Crippen LogP contribution < -0.4 is 10.6 Å². The maximum Gasteiger partial charge on any atom is 0.271 e. The van der Waals surface area contributed by atoms with Crippen LogP contribution >= 0.6 is 0 Å². The Morgan fingerprint density at radius 3 is 1.27 bits per heavy atom. The summed E-state index contributed by atoms with van der Waals surface area (Å²) in [6.07, 6.45) is 0. The molecule has 0 aliphatic heterocycles. The van der Waals surface area contributed by atoms with Gasteiger partial charge in [-0.1, -0.05) is 109 Å². The second-order valence-electron chi connectivity index (χ2n) is 12.6. The number of rotatable bonds is 7. The molecular weight excluding hydrogens is 610 g/mol. The summed E-state index contributed by atoms with van der Waals surface area (Å²) in [6.45, 7) is 0.428. The normalized spacial score (nSPS) is 11.8. The molecule has 0 fully saturated rings. The van der Waals surface area contributed by atoms with Gasteiger partial charge in [0.1, 0.15) is 0 Å². The summed E-state index contributed by atoms with van der Waals surface area (Å²) in [5.74, 6) is -1.01. The third-order valence-corrected chi connectivity index (χ3v) is 9.77. The van der Waals surface area contributed by atoms with Crippen LogP contribution in [0.15, 0.2) is 127 Å². The van der Waals surface area contributed by atoms with E-state index < -0.39 is 16.7 Å². The molecule has 0 aliphatic rings. The average molecular weight is 638 g/mol. The maximum absolute atomic E-state index is 13.5. The van der Waals surface area contributed by atoms with E-state index in [-0.39, 0.29) is 29.9 Å². The Morgan fingerprint density at radius 1 is 0.490 bits per heavy atom. The van der Waals surface area contributed by atoms with Crippen molar-refractivity contribution in [3.8, 4) is 0 Å². The quantitative estimate of drug-likeness (QED) is 0.103. The zero-order valence-electron chi connectivity index (χ0n) is 26.1. The molecule has 0 radical (unpaired) electrons. The number of nitro groups is 1. The standard InChI is InChI=1S/C42H27N3O4/c46-41(43-22-30-13-11-28-9-7-24-3-1-5-26-15-17-35(30)39(28)37(24)26)32-19-33(21-34(20-32)45(48)49)42(47)44-23-31-14-12-29-10-8-25-4-2-6-27-16-18-36(31)40(29)38(25)27/h1-21H,22-23H2,(H,43,46)(H,44,47).